The summed E-state index contributed by atoms with van der Waals surface area (Å²) in [7, 11) is 1.97. The summed E-state index contributed by atoms with van der Waals surface area (Å²) in [4.78, 5) is 10.8. The van der Waals surface area contributed by atoms with Crippen molar-refractivity contribution >= 4 is 5.91 Å². The van der Waals surface area contributed by atoms with Gasteiger partial charge in [-0.15, -0.1) is 0 Å². The number of nitrogens with two attached hydrogens (primary N) is 1. The largest absolute Gasteiger partial charge is 0.369 e. The van der Waals surface area contributed by atoms with Gasteiger partial charge in [0.25, 0.3) is 0 Å². The van der Waals surface area contributed by atoms with Crippen LogP contribution in [0.3, 0.4) is 0 Å². The molecule has 0 radical (unpaired) electrons. The van der Waals surface area contributed by atoms with Gasteiger partial charge >= 0.3 is 0 Å². The first-order valence-corrected chi connectivity index (χ1v) is 4.20. The van der Waals surface area contributed by atoms with Crippen LogP contribution in [0.4, 0.5) is 0 Å². The Labute approximate surface area is 67.3 Å². The third-order valence-electron chi connectivity index (χ3n) is 2.54. The Morgan fingerprint density at radius 2 is 1.91 bits per heavy atom. The molecule has 1 amide bonds. The summed E-state index contributed by atoms with van der Waals surface area (Å²) < 4.78 is 0. The smallest absolute Gasteiger partial charge is 0.220 e. The van der Waals surface area contributed by atoms with E-state index in [1.807, 2.05) is 7.05 Å². The summed E-state index contributed by atoms with van der Waals surface area (Å²) in [6, 6.07) is 0.602. The molecule has 1 aliphatic rings. The van der Waals surface area contributed by atoms with Crippen molar-refractivity contribution in [2.24, 2.45) is 11.7 Å². The second kappa shape index (κ2) is 3.72. The lowest BCUT2D eigenvalue weighted by atomic mass is 9.86. The first kappa shape index (κ1) is 8.53. The zero-order valence-electron chi connectivity index (χ0n) is 6.97. The Kier molecular flexibility index (Phi) is 2.88. The van der Waals surface area contributed by atoms with Crippen molar-refractivity contribution < 1.29 is 4.79 Å². The molecule has 11 heavy (non-hydrogen) atoms. The fourth-order valence-corrected chi connectivity index (χ4v) is 1.67. The van der Waals surface area contributed by atoms with E-state index >= 15 is 0 Å². The molecule has 3 heteroatoms. The number of carbonyl (C=O) groups is 1. The van der Waals surface area contributed by atoms with Crippen LogP contribution in [0.1, 0.15) is 25.7 Å². The average Bonchev–Trinajstić information content (AvgIpc) is 2.05. The number of amides is 1. The minimum atomic E-state index is -0.125. The van der Waals surface area contributed by atoms with Crippen LogP contribution in [0, 0.1) is 5.92 Å². The minimum Gasteiger partial charge on any atom is -0.369 e. The third-order valence-corrected chi connectivity index (χ3v) is 2.54. The van der Waals surface area contributed by atoms with E-state index in [9.17, 15) is 4.79 Å². The van der Waals surface area contributed by atoms with E-state index < -0.39 is 0 Å². The third kappa shape index (κ3) is 2.19. The van der Waals surface area contributed by atoms with Gasteiger partial charge in [-0.2, -0.15) is 0 Å². The Morgan fingerprint density at radius 1 is 1.36 bits per heavy atom. The van der Waals surface area contributed by atoms with Gasteiger partial charge in [0.15, 0.2) is 0 Å². The highest BCUT2D eigenvalue weighted by Crippen LogP contribution is 2.23. The van der Waals surface area contributed by atoms with Gasteiger partial charge in [-0.05, 0) is 32.7 Å². The molecule has 3 nitrogen and oxygen atoms in total. The lowest BCUT2D eigenvalue weighted by Gasteiger charge is -2.25. The molecule has 0 atom stereocenters. The predicted molar refractivity (Wildman–Crippen MR) is 44.0 cm³/mol. The maximum absolute atomic E-state index is 10.8. The van der Waals surface area contributed by atoms with Crippen molar-refractivity contribution in [1.82, 2.24) is 5.32 Å². The van der Waals surface area contributed by atoms with E-state index in [2.05, 4.69) is 5.32 Å². The molecule has 0 aliphatic heterocycles. The molecular weight excluding hydrogens is 140 g/mol. The number of hydrogen-bond donors (Lipinski definition) is 2. The van der Waals surface area contributed by atoms with E-state index in [0.29, 0.717) is 6.04 Å². The number of nitrogens with one attached hydrogen (secondary N) is 1. The Morgan fingerprint density at radius 3 is 2.27 bits per heavy atom. The molecule has 0 bridgehead atoms. The lowest BCUT2D eigenvalue weighted by Crippen LogP contribution is -2.34. The molecule has 0 aromatic heterocycles. The molecule has 1 rings (SSSR count). The zero-order chi connectivity index (χ0) is 8.27. The van der Waals surface area contributed by atoms with Gasteiger partial charge in [0.05, 0.1) is 0 Å². The Bertz CT molecular complexity index is 139. The van der Waals surface area contributed by atoms with Crippen LogP contribution in [-0.4, -0.2) is 19.0 Å². The quantitative estimate of drug-likeness (QED) is 0.602. The van der Waals surface area contributed by atoms with Gasteiger partial charge in [0.2, 0.25) is 5.91 Å². The molecule has 1 fully saturated rings. The van der Waals surface area contributed by atoms with Gasteiger partial charge in [-0.25, -0.2) is 0 Å². The second-order valence-electron chi connectivity index (χ2n) is 3.24. The van der Waals surface area contributed by atoms with Crippen molar-refractivity contribution in [3.05, 3.63) is 0 Å². The van der Waals surface area contributed by atoms with Gasteiger partial charge in [-0.1, -0.05) is 0 Å². The van der Waals surface area contributed by atoms with E-state index in [-0.39, 0.29) is 11.8 Å². The van der Waals surface area contributed by atoms with E-state index in [1.54, 1.807) is 0 Å². The van der Waals surface area contributed by atoms with Crippen LogP contribution < -0.4 is 11.1 Å². The van der Waals surface area contributed by atoms with Crippen LogP contribution >= 0.6 is 0 Å². The molecule has 0 unspecified atom stereocenters. The first-order chi connectivity index (χ1) is 5.24. The number of hydrogen-bond acceptors (Lipinski definition) is 2. The van der Waals surface area contributed by atoms with E-state index in [0.717, 1.165) is 25.7 Å². The standard InChI is InChI=1S/C8H16N2O/c1-10-7-4-2-6(3-5-7)8(9)11/h6-7,10H,2-5H2,1H3,(H2,9,11)/t6-,7-. The van der Waals surface area contributed by atoms with Crippen LogP contribution in [0.2, 0.25) is 0 Å². The van der Waals surface area contributed by atoms with Gasteiger partial charge < -0.3 is 11.1 Å². The molecule has 3 N–H and O–H groups in total. The highest BCUT2D eigenvalue weighted by molar-refractivity contribution is 5.76. The lowest BCUT2D eigenvalue weighted by molar-refractivity contribution is -0.122. The fraction of sp³-hybridized carbons (Fsp3) is 0.875. The molecule has 0 aromatic rings. The summed E-state index contributed by atoms with van der Waals surface area (Å²) in [6.45, 7) is 0. The van der Waals surface area contributed by atoms with E-state index in [4.69, 9.17) is 5.73 Å². The zero-order valence-corrected chi connectivity index (χ0v) is 6.97. The van der Waals surface area contributed by atoms with Crippen LogP contribution in [-0.2, 0) is 4.79 Å². The highest BCUT2D eigenvalue weighted by Gasteiger charge is 2.23. The summed E-state index contributed by atoms with van der Waals surface area (Å²) in [6.07, 6.45) is 4.09. The average molecular weight is 156 g/mol. The maximum Gasteiger partial charge on any atom is 0.220 e. The van der Waals surface area contributed by atoms with Crippen LogP contribution in [0.15, 0.2) is 0 Å². The molecule has 0 spiro atoms. The molecule has 64 valence electrons. The summed E-state index contributed by atoms with van der Waals surface area (Å²) >= 11 is 0. The Balaban J connectivity index is 2.30. The summed E-state index contributed by atoms with van der Waals surface area (Å²) in [5, 5.41) is 3.21. The molecular formula is C8H16N2O. The number of carbonyl (C=O) groups excluding carboxylic acids is 1. The summed E-state index contributed by atoms with van der Waals surface area (Å²) in [5.41, 5.74) is 5.19. The monoisotopic (exact) mass is 156 g/mol. The van der Waals surface area contributed by atoms with Gasteiger partial charge in [-0.3, -0.25) is 4.79 Å². The highest BCUT2D eigenvalue weighted by atomic mass is 16.1. The molecule has 0 aromatic carbocycles. The number of primary amides is 1. The van der Waals surface area contributed by atoms with Crippen molar-refractivity contribution in [2.45, 2.75) is 31.7 Å². The van der Waals surface area contributed by atoms with E-state index in [1.165, 1.54) is 0 Å². The van der Waals surface area contributed by atoms with Crippen molar-refractivity contribution in [3.8, 4) is 0 Å². The van der Waals surface area contributed by atoms with Crippen molar-refractivity contribution in [1.29, 1.82) is 0 Å². The SMILES string of the molecule is CN[C@H]1CC[C@H](C(N)=O)CC1. The topological polar surface area (TPSA) is 55.1 Å². The Hall–Kier alpha value is -0.570. The summed E-state index contributed by atoms with van der Waals surface area (Å²) in [5.74, 6) is 0.0131. The predicted octanol–water partition coefficient (Wildman–Crippen LogP) is 0.250. The molecule has 1 aliphatic carbocycles. The van der Waals surface area contributed by atoms with Crippen molar-refractivity contribution in [2.75, 3.05) is 7.05 Å². The molecule has 1 saturated carbocycles. The second-order valence-corrected chi connectivity index (χ2v) is 3.24. The molecule has 0 heterocycles. The number of rotatable bonds is 2. The van der Waals surface area contributed by atoms with Gasteiger partial charge in [0, 0.05) is 12.0 Å². The molecule has 0 saturated heterocycles. The first-order valence-electron chi connectivity index (χ1n) is 4.20. The van der Waals surface area contributed by atoms with Gasteiger partial charge in [0.1, 0.15) is 0 Å². The normalized spacial score (nSPS) is 31.7. The van der Waals surface area contributed by atoms with Crippen molar-refractivity contribution in [3.63, 3.8) is 0 Å². The van der Waals surface area contributed by atoms with Crippen LogP contribution in [0.5, 0.6) is 0 Å². The maximum atomic E-state index is 10.8. The fourth-order valence-electron chi connectivity index (χ4n) is 1.67. The minimum absolute atomic E-state index is 0.125. The van der Waals surface area contributed by atoms with Crippen LogP contribution in [0.25, 0.3) is 0 Å².